The molecule has 1 saturated heterocycles. The van der Waals surface area contributed by atoms with E-state index in [1.54, 1.807) is 33.0 Å². The van der Waals surface area contributed by atoms with Crippen LogP contribution in [0.3, 0.4) is 0 Å². The van der Waals surface area contributed by atoms with Crippen molar-refractivity contribution in [2.24, 2.45) is 0 Å². The molecule has 8 heteroatoms. The minimum atomic E-state index is -0.837. The molecule has 2 aliphatic heterocycles. The van der Waals surface area contributed by atoms with Crippen molar-refractivity contribution in [2.45, 2.75) is 57.8 Å². The largest absolute Gasteiger partial charge is 0.493 e. The smallest absolute Gasteiger partial charge is 0.328 e. The second-order valence-corrected chi connectivity index (χ2v) is 8.88. The van der Waals surface area contributed by atoms with E-state index in [0.717, 1.165) is 16.7 Å². The highest BCUT2D eigenvalue weighted by molar-refractivity contribution is 5.99. The molecule has 0 bridgehead atoms. The molecule has 0 aromatic heterocycles. The van der Waals surface area contributed by atoms with Crippen molar-refractivity contribution < 1.29 is 28.6 Å². The number of ether oxygens (including phenoxy) is 3. The number of esters is 1. The Morgan fingerprint density at radius 3 is 2.31 bits per heavy atom. The van der Waals surface area contributed by atoms with Gasteiger partial charge in [-0.1, -0.05) is 30.3 Å². The molecule has 2 aromatic rings. The van der Waals surface area contributed by atoms with Crippen LogP contribution in [0.1, 0.15) is 37.0 Å². The number of carbonyl (C=O) groups is 3. The number of amides is 2. The maximum Gasteiger partial charge on any atom is 0.328 e. The van der Waals surface area contributed by atoms with Crippen molar-refractivity contribution in [3.63, 3.8) is 0 Å². The third-order valence-corrected chi connectivity index (χ3v) is 6.88. The number of benzene rings is 2. The summed E-state index contributed by atoms with van der Waals surface area (Å²) in [5.41, 5.74) is 2.91. The summed E-state index contributed by atoms with van der Waals surface area (Å²) in [6, 6.07) is 11.2. The molecule has 0 saturated carbocycles. The Morgan fingerprint density at radius 1 is 1.03 bits per heavy atom. The van der Waals surface area contributed by atoms with E-state index in [9.17, 15) is 14.4 Å². The van der Waals surface area contributed by atoms with Gasteiger partial charge in [-0.25, -0.2) is 4.79 Å². The van der Waals surface area contributed by atoms with Gasteiger partial charge in [0.2, 0.25) is 11.8 Å². The highest BCUT2D eigenvalue weighted by Gasteiger charge is 2.49. The molecule has 0 N–H and O–H groups in total. The van der Waals surface area contributed by atoms with E-state index >= 15 is 0 Å². The predicted molar refractivity (Wildman–Crippen MR) is 129 cm³/mol. The van der Waals surface area contributed by atoms with Gasteiger partial charge in [-0.2, -0.15) is 0 Å². The summed E-state index contributed by atoms with van der Waals surface area (Å²) in [5, 5.41) is 0. The molecule has 186 valence electrons. The molecule has 1 fully saturated rings. The van der Waals surface area contributed by atoms with E-state index in [0.29, 0.717) is 37.3 Å². The molecule has 0 radical (unpaired) electrons. The molecule has 2 amide bonds. The summed E-state index contributed by atoms with van der Waals surface area (Å²) < 4.78 is 16.2. The fourth-order valence-electron chi connectivity index (χ4n) is 5.07. The van der Waals surface area contributed by atoms with Crippen LogP contribution < -0.4 is 9.47 Å². The van der Waals surface area contributed by atoms with Crippen molar-refractivity contribution in [1.29, 1.82) is 0 Å². The number of hydrogen-bond donors (Lipinski definition) is 0. The van der Waals surface area contributed by atoms with Crippen molar-refractivity contribution in [1.82, 2.24) is 9.80 Å². The minimum absolute atomic E-state index is 0.177. The van der Waals surface area contributed by atoms with E-state index in [2.05, 4.69) is 0 Å². The standard InChI is InChI=1S/C27H32N2O6/c1-5-35-27(32)21(12-11-18-9-7-6-8-10-18)29-17(2)25(30)28-16-20-15-24(34-4)23(33-3)14-19(20)13-22(28)26(29)31/h6-10,14-15,17,21-22H,5,11-13,16H2,1-4H3/t17-,21-,22-/m0/s1. The van der Waals surface area contributed by atoms with Crippen LogP contribution in [0.25, 0.3) is 0 Å². The maximum absolute atomic E-state index is 13.8. The van der Waals surface area contributed by atoms with Crippen LogP contribution in [0.5, 0.6) is 11.5 Å². The third kappa shape index (κ3) is 4.70. The van der Waals surface area contributed by atoms with Crippen molar-refractivity contribution in [2.75, 3.05) is 20.8 Å². The lowest BCUT2D eigenvalue weighted by Gasteiger charge is -2.48. The van der Waals surface area contributed by atoms with Gasteiger partial charge in [-0.05, 0) is 55.5 Å². The first-order chi connectivity index (χ1) is 16.9. The number of fused-ring (bicyclic) bond motifs is 2. The van der Waals surface area contributed by atoms with Gasteiger partial charge in [-0.15, -0.1) is 0 Å². The SMILES string of the molecule is CCOC(=O)[C@H](CCc1ccccc1)N1C(=O)[C@@H]2Cc3cc(OC)c(OC)cc3CN2C(=O)[C@@H]1C. The fourth-order valence-corrected chi connectivity index (χ4v) is 5.07. The van der Waals surface area contributed by atoms with Crippen LogP contribution in [0.4, 0.5) is 0 Å². The molecule has 8 nitrogen and oxygen atoms in total. The predicted octanol–water partition coefficient (Wildman–Crippen LogP) is 2.75. The number of nitrogens with zero attached hydrogens (tertiary/aromatic N) is 2. The monoisotopic (exact) mass is 480 g/mol. The number of piperazine rings is 1. The van der Waals surface area contributed by atoms with Gasteiger partial charge in [0.1, 0.15) is 18.1 Å². The second kappa shape index (κ2) is 10.4. The Kier molecular flexibility index (Phi) is 7.28. The van der Waals surface area contributed by atoms with Gasteiger partial charge < -0.3 is 24.0 Å². The molecule has 2 aromatic carbocycles. The molecule has 2 aliphatic rings. The quantitative estimate of drug-likeness (QED) is 0.540. The third-order valence-electron chi connectivity index (χ3n) is 6.88. The van der Waals surface area contributed by atoms with E-state index in [-0.39, 0.29) is 18.4 Å². The lowest BCUT2D eigenvalue weighted by atomic mass is 9.88. The highest BCUT2D eigenvalue weighted by Crippen LogP contribution is 2.37. The van der Waals surface area contributed by atoms with Crippen LogP contribution in [-0.4, -0.2) is 66.5 Å². The zero-order chi connectivity index (χ0) is 25.1. The molecular formula is C27H32N2O6. The topological polar surface area (TPSA) is 85.4 Å². The summed E-state index contributed by atoms with van der Waals surface area (Å²) in [7, 11) is 3.13. The molecule has 0 spiro atoms. The number of rotatable bonds is 8. The van der Waals surface area contributed by atoms with Gasteiger partial charge in [0.15, 0.2) is 11.5 Å². The molecule has 4 rings (SSSR count). The first kappa shape index (κ1) is 24.6. The fraction of sp³-hybridized carbons (Fsp3) is 0.444. The van der Waals surface area contributed by atoms with E-state index in [1.165, 1.54) is 4.90 Å². The van der Waals surface area contributed by atoms with Crippen molar-refractivity contribution in [3.05, 3.63) is 59.2 Å². The normalized spacial score (nSPS) is 20.1. The summed E-state index contributed by atoms with van der Waals surface area (Å²) >= 11 is 0. The maximum atomic E-state index is 13.8. The average molecular weight is 481 g/mol. The molecule has 2 heterocycles. The number of carbonyl (C=O) groups excluding carboxylic acids is 3. The lowest BCUT2D eigenvalue weighted by molar-refractivity contribution is -0.171. The summed E-state index contributed by atoms with van der Waals surface area (Å²) in [4.78, 5) is 43.4. The Bertz CT molecular complexity index is 1100. The van der Waals surface area contributed by atoms with Crippen LogP contribution in [0.2, 0.25) is 0 Å². The van der Waals surface area contributed by atoms with E-state index < -0.39 is 24.1 Å². The van der Waals surface area contributed by atoms with E-state index in [1.807, 2.05) is 42.5 Å². The van der Waals surface area contributed by atoms with Crippen LogP contribution >= 0.6 is 0 Å². The van der Waals surface area contributed by atoms with Crippen molar-refractivity contribution in [3.8, 4) is 11.5 Å². The average Bonchev–Trinajstić information content (AvgIpc) is 2.88. The molecule has 35 heavy (non-hydrogen) atoms. The van der Waals surface area contributed by atoms with Gasteiger partial charge in [-0.3, -0.25) is 9.59 Å². The molecule has 0 unspecified atom stereocenters. The van der Waals surface area contributed by atoms with Gasteiger partial charge >= 0.3 is 5.97 Å². The zero-order valence-electron chi connectivity index (χ0n) is 20.7. The Hall–Kier alpha value is -3.55. The Labute approximate surface area is 205 Å². The van der Waals surface area contributed by atoms with Gasteiger partial charge in [0, 0.05) is 13.0 Å². The number of methoxy groups -OCH3 is 2. The van der Waals surface area contributed by atoms with Crippen molar-refractivity contribution >= 4 is 17.8 Å². The van der Waals surface area contributed by atoms with Gasteiger partial charge in [0.25, 0.3) is 0 Å². The first-order valence-electron chi connectivity index (χ1n) is 12.0. The molecular weight excluding hydrogens is 448 g/mol. The Balaban J connectivity index is 1.64. The molecule has 3 atom stereocenters. The number of aryl methyl sites for hydroxylation is 1. The Morgan fingerprint density at radius 2 is 1.69 bits per heavy atom. The zero-order valence-corrected chi connectivity index (χ0v) is 20.7. The second-order valence-electron chi connectivity index (χ2n) is 8.88. The van der Waals surface area contributed by atoms with E-state index in [4.69, 9.17) is 14.2 Å². The number of hydrogen-bond acceptors (Lipinski definition) is 6. The van der Waals surface area contributed by atoms with Crippen LogP contribution in [-0.2, 0) is 38.5 Å². The minimum Gasteiger partial charge on any atom is -0.493 e. The first-order valence-corrected chi connectivity index (χ1v) is 12.0. The molecule has 0 aliphatic carbocycles. The van der Waals surface area contributed by atoms with Gasteiger partial charge in [0.05, 0.1) is 20.8 Å². The summed E-state index contributed by atoms with van der Waals surface area (Å²) in [6.07, 6.45) is 1.31. The van der Waals surface area contributed by atoms with Crippen LogP contribution in [0, 0.1) is 0 Å². The highest BCUT2D eigenvalue weighted by atomic mass is 16.5. The lowest BCUT2D eigenvalue weighted by Crippen LogP contribution is -2.68. The summed E-state index contributed by atoms with van der Waals surface area (Å²) in [5.74, 6) is 0.269. The van der Waals surface area contributed by atoms with Crippen LogP contribution in [0.15, 0.2) is 42.5 Å². The summed E-state index contributed by atoms with van der Waals surface area (Å²) in [6.45, 7) is 3.93.